The van der Waals surface area contributed by atoms with Crippen molar-refractivity contribution in [2.75, 3.05) is 21.3 Å². The maximum atomic E-state index is 12.5. The van der Waals surface area contributed by atoms with Gasteiger partial charge in [0.25, 0.3) is 0 Å². The molecule has 20 heavy (non-hydrogen) atoms. The second-order valence-corrected chi connectivity index (χ2v) is 4.44. The molecule has 3 rings (SSSR count). The molecule has 0 fully saturated rings. The maximum Gasteiger partial charge on any atom is 0.203 e. The van der Waals surface area contributed by atoms with E-state index < -0.39 is 0 Å². The number of ether oxygens (including phenoxy) is 3. The number of fused-ring (bicyclic) bond motifs is 3. The third-order valence-corrected chi connectivity index (χ3v) is 3.52. The van der Waals surface area contributed by atoms with Crippen LogP contribution in [0.25, 0.3) is 11.1 Å². The SMILES string of the molecule is COc1cc2c(c(OC)c1OC)-c1ccccc1C2=O. The first-order chi connectivity index (χ1) is 9.72. The Hall–Kier alpha value is -2.49. The molecule has 0 amide bonds. The molecule has 2 aromatic carbocycles. The van der Waals surface area contributed by atoms with E-state index in [9.17, 15) is 4.79 Å². The molecule has 0 atom stereocenters. The normalized spacial score (nSPS) is 11.8. The van der Waals surface area contributed by atoms with Gasteiger partial charge in [-0.15, -0.1) is 0 Å². The standard InChI is InChI=1S/C16H14O4/c1-18-12-8-11-13(16(20-3)15(12)19-2)9-6-4-5-7-10(9)14(11)17/h4-8H,1-3H3. The average molecular weight is 270 g/mol. The number of ketones is 1. The first kappa shape index (κ1) is 12.5. The van der Waals surface area contributed by atoms with Crippen molar-refractivity contribution in [1.29, 1.82) is 0 Å². The molecule has 0 saturated carbocycles. The summed E-state index contributed by atoms with van der Waals surface area (Å²) in [7, 11) is 4.65. The Labute approximate surface area is 116 Å². The summed E-state index contributed by atoms with van der Waals surface area (Å²) in [5, 5.41) is 0. The molecule has 0 saturated heterocycles. The molecular formula is C16H14O4. The maximum absolute atomic E-state index is 12.5. The summed E-state index contributed by atoms with van der Waals surface area (Å²) in [5.41, 5.74) is 2.90. The van der Waals surface area contributed by atoms with Gasteiger partial charge in [-0.05, 0) is 11.6 Å². The summed E-state index contributed by atoms with van der Waals surface area (Å²) in [6.07, 6.45) is 0. The van der Waals surface area contributed by atoms with Crippen LogP contribution in [0, 0.1) is 0 Å². The van der Waals surface area contributed by atoms with Gasteiger partial charge in [0.15, 0.2) is 17.3 Å². The van der Waals surface area contributed by atoms with Crippen molar-refractivity contribution in [3.05, 3.63) is 41.5 Å². The van der Waals surface area contributed by atoms with Gasteiger partial charge in [-0.1, -0.05) is 24.3 Å². The van der Waals surface area contributed by atoms with Crippen LogP contribution in [0.5, 0.6) is 17.2 Å². The van der Waals surface area contributed by atoms with E-state index in [0.29, 0.717) is 28.4 Å². The second kappa shape index (κ2) is 4.56. The number of hydrogen-bond donors (Lipinski definition) is 0. The van der Waals surface area contributed by atoms with E-state index in [1.807, 2.05) is 24.3 Å². The van der Waals surface area contributed by atoms with E-state index >= 15 is 0 Å². The van der Waals surface area contributed by atoms with E-state index in [1.54, 1.807) is 20.3 Å². The lowest BCUT2D eigenvalue weighted by Gasteiger charge is -2.15. The Bertz CT molecular complexity index is 704. The van der Waals surface area contributed by atoms with E-state index in [-0.39, 0.29) is 5.78 Å². The highest BCUT2D eigenvalue weighted by molar-refractivity contribution is 6.23. The monoisotopic (exact) mass is 270 g/mol. The fraction of sp³-hybridized carbons (Fsp3) is 0.188. The summed E-state index contributed by atoms with van der Waals surface area (Å²) in [6, 6.07) is 9.18. The fourth-order valence-electron chi connectivity index (χ4n) is 2.65. The van der Waals surface area contributed by atoms with E-state index in [2.05, 4.69) is 0 Å². The summed E-state index contributed by atoms with van der Waals surface area (Å²) >= 11 is 0. The molecule has 4 heteroatoms. The lowest BCUT2D eigenvalue weighted by molar-refractivity contribution is 0.104. The number of rotatable bonds is 3. The quantitative estimate of drug-likeness (QED) is 0.734. The Kier molecular flexibility index (Phi) is 2.86. The van der Waals surface area contributed by atoms with Gasteiger partial charge in [0.2, 0.25) is 5.75 Å². The highest BCUT2D eigenvalue weighted by Gasteiger charge is 2.33. The first-order valence-corrected chi connectivity index (χ1v) is 6.20. The van der Waals surface area contributed by atoms with Crippen molar-refractivity contribution in [3.8, 4) is 28.4 Å². The fourth-order valence-corrected chi connectivity index (χ4v) is 2.65. The minimum Gasteiger partial charge on any atom is -0.493 e. The van der Waals surface area contributed by atoms with Crippen LogP contribution >= 0.6 is 0 Å². The zero-order valence-electron chi connectivity index (χ0n) is 11.5. The molecule has 4 nitrogen and oxygen atoms in total. The Morgan fingerprint density at radius 2 is 1.45 bits per heavy atom. The topological polar surface area (TPSA) is 44.8 Å². The molecule has 1 aliphatic carbocycles. The van der Waals surface area contributed by atoms with Gasteiger partial charge < -0.3 is 14.2 Å². The molecule has 0 bridgehead atoms. The van der Waals surface area contributed by atoms with Crippen molar-refractivity contribution < 1.29 is 19.0 Å². The minimum absolute atomic E-state index is 0.0187. The summed E-state index contributed by atoms with van der Waals surface area (Å²) < 4.78 is 16.1. The van der Waals surface area contributed by atoms with Gasteiger partial charge in [-0.2, -0.15) is 0 Å². The molecule has 0 spiro atoms. The Balaban J connectivity index is 2.40. The summed E-state index contributed by atoms with van der Waals surface area (Å²) in [4.78, 5) is 12.5. The van der Waals surface area contributed by atoms with Gasteiger partial charge in [-0.3, -0.25) is 4.79 Å². The molecule has 2 aromatic rings. The van der Waals surface area contributed by atoms with Crippen LogP contribution in [0.3, 0.4) is 0 Å². The van der Waals surface area contributed by atoms with Crippen LogP contribution in [0.15, 0.2) is 30.3 Å². The third-order valence-electron chi connectivity index (χ3n) is 3.52. The number of hydrogen-bond acceptors (Lipinski definition) is 4. The smallest absolute Gasteiger partial charge is 0.203 e. The number of carbonyl (C=O) groups is 1. The largest absolute Gasteiger partial charge is 0.493 e. The van der Waals surface area contributed by atoms with Crippen molar-refractivity contribution in [2.24, 2.45) is 0 Å². The van der Waals surface area contributed by atoms with Crippen LogP contribution in [-0.4, -0.2) is 27.1 Å². The first-order valence-electron chi connectivity index (χ1n) is 6.20. The molecule has 1 aliphatic rings. The third kappa shape index (κ3) is 1.51. The van der Waals surface area contributed by atoms with E-state index in [4.69, 9.17) is 14.2 Å². The number of methoxy groups -OCH3 is 3. The Morgan fingerprint density at radius 1 is 0.800 bits per heavy atom. The summed E-state index contributed by atoms with van der Waals surface area (Å²) in [5.74, 6) is 1.50. The Morgan fingerprint density at radius 3 is 2.05 bits per heavy atom. The predicted octanol–water partition coefficient (Wildman–Crippen LogP) is 2.92. The predicted molar refractivity (Wildman–Crippen MR) is 75.0 cm³/mol. The van der Waals surface area contributed by atoms with Crippen LogP contribution in [-0.2, 0) is 0 Å². The van der Waals surface area contributed by atoms with E-state index in [1.165, 1.54) is 7.11 Å². The highest BCUT2D eigenvalue weighted by atomic mass is 16.5. The molecule has 0 aromatic heterocycles. The molecule has 0 radical (unpaired) electrons. The highest BCUT2D eigenvalue weighted by Crippen LogP contribution is 2.51. The van der Waals surface area contributed by atoms with Crippen LogP contribution < -0.4 is 14.2 Å². The average Bonchev–Trinajstić information content (AvgIpc) is 2.78. The molecule has 102 valence electrons. The van der Waals surface area contributed by atoms with Gasteiger partial charge in [0.05, 0.1) is 21.3 Å². The van der Waals surface area contributed by atoms with Crippen LogP contribution in [0.1, 0.15) is 15.9 Å². The lowest BCUT2D eigenvalue weighted by atomic mass is 10.0. The molecule has 0 heterocycles. The summed E-state index contributed by atoms with van der Waals surface area (Å²) in [6.45, 7) is 0. The molecular weight excluding hydrogens is 256 g/mol. The zero-order valence-corrected chi connectivity index (χ0v) is 11.5. The van der Waals surface area contributed by atoms with Gasteiger partial charge in [-0.25, -0.2) is 0 Å². The zero-order chi connectivity index (χ0) is 14.3. The van der Waals surface area contributed by atoms with Gasteiger partial charge in [0, 0.05) is 16.7 Å². The van der Waals surface area contributed by atoms with Crippen molar-refractivity contribution in [3.63, 3.8) is 0 Å². The van der Waals surface area contributed by atoms with Gasteiger partial charge in [0.1, 0.15) is 0 Å². The van der Waals surface area contributed by atoms with Crippen molar-refractivity contribution in [1.82, 2.24) is 0 Å². The number of benzene rings is 2. The molecule has 0 aliphatic heterocycles. The number of carbonyl (C=O) groups excluding carboxylic acids is 1. The van der Waals surface area contributed by atoms with Crippen LogP contribution in [0.2, 0.25) is 0 Å². The second-order valence-electron chi connectivity index (χ2n) is 4.44. The lowest BCUT2D eigenvalue weighted by Crippen LogP contribution is -2.00. The van der Waals surface area contributed by atoms with Crippen LogP contribution in [0.4, 0.5) is 0 Å². The van der Waals surface area contributed by atoms with Crippen molar-refractivity contribution >= 4 is 5.78 Å². The minimum atomic E-state index is -0.0187. The van der Waals surface area contributed by atoms with Gasteiger partial charge >= 0.3 is 0 Å². The molecule has 0 unspecified atom stereocenters. The molecule has 0 N–H and O–H groups in total. The van der Waals surface area contributed by atoms with E-state index in [0.717, 1.165) is 11.1 Å². The van der Waals surface area contributed by atoms with Crippen molar-refractivity contribution in [2.45, 2.75) is 0 Å².